The standard InChI is InChI=1S/C12H21N3OS/c1-4-6-10-9-11(15(2)14-10)12(16)13-7-5-8-17-3/h9H,4-8H2,1-3H3,(H,13,16). The highest BCUT2D eigenvalue weighted by Crippen LogP contribution is 2.05. The van der Waals surface area contributed by atoms with Crippen molar-refractivity contribution in [3.05, 3.63) is 17.5 Å². The monoisotopic (exact) mass is 255 g/mol. The summed E-state index contributed by atoms with van der Waals surface area (Å²) in [7, 11) is 1.82. The van der Waals surface area contributed by atoms with Crippen LogP contribution in [-0.2, 0) is 13.5 Å². The fourth-order valence-electron chi connectivity index (χ4n) is 1.63. The number of aromatic nitrogens is 2. The summed E-state index contributed by atoms with van der Waals surface area (Å²) in [6.07, 6.45) is 5.05. The van der Waals surface area contributed by atoms with Gasteiger partial charge >= 0.3 is 0 Å². The van der Waals surface area contributed by atoms with E-state index in [1.807, 2.05) is 13.1 Å². The molecule has 4 nitrogen and oxygen atoms in total. The minimum absolute atomic E-state index is 0.0246. The predicted molar refractivity (Wildman–Crippen MR) is 72.5 cm³/mol. The maximum Gasteiger partial charge on any atom is 0.269 e. The summed E-state index contributed by atoms with van der Waals surface area (Å²) in [5.74, 6) is 1.05. The summed E-state index contributed by atoms with van der Waals surface area (Å²) < 4.78 is 1.66. The Bertz CT molecular complexity index is 363. The molecular weight excluding hydrogens is 234 g/mol. The maximum absolute atomic E-state index is 11.9. The largest absolute Gasteiger partial charge is 0.351 e. The fraction of sp³-hybridized carbons (Fsp3) is 0.667. The summed E-state index contributed by atoms with van der Waals surface area (Å²) in [4.78, 5) is 11.9. The van der Waals surface area contributed by atoms with Crippen LogP contribution in [0.3, 0.4) is 0 Å². The molecule has 0 aliphatic heterocycles. The van der Waals surface area contributed by atoms with Crippen molar-refractivity contribution in [2.24, 2.45) is 7.05 Å². The summed E-state index contributed by atoms with van der Waals surface area (Å²) in [6.45, 7) is 2.84. The van der Waals surface area contributed by atoms with Gasteiger partial charge in [0.2, 0.25) is 0 Å². The average molecular weight is 255 g/mol. The number of nitrogens with zero attached hydrogens (tertiary/aromatic N) is 2. The van der Waals surface area contributed by atoms with Gasteiger partial charge in [-0.15, -0.1) is 0 Å². The SMILES string of the molecule is CCCc1cc(C(=O)NCCCSC)n(C)n1. The second kappa shape index (κ2) is 7.37. The first-order chi connectivity index (χ1) is 8.19. The molecule has 0 spiro atoms. The van der Waals surface area contributed by atoms with E-state index in [0.717, 1.165) is 37.3 Å². The summed E-state index contributed by atoms with van der Waals surface area (Å²) in [5.41, 5.74) is 1.64. The molecule has 5 heteroatoms. The molecule has 0 fully saturated rings. The van der Waals surface area contributed by atoms with Crippen LogP contribution in [0.2, 0.25) is 0 Å². The first-order valence-electron chi connectivity index (χ1n) is 5.99. The van der Waals surface area contributed by atoms with E-state index in [2.05, 4.69) is 23.6 Å². The molecule has 1 aromatic rings. The Morgan fingerprint density at radius 2 is 2.35 bits per heavy atom. The van der Waals surface area contributed by atoms with Crippen LogP contribution in [0.1, 0.15) is 35.9 Å². The van der Waals surface area contributed by atoms with E-state index in [1.54, 1.807) is 16.4 Å². The van der Waals surface area contributed by atoms with Crippen molar-refractivity contribution < 1.29 is 4.79 Å². The topological polar surface area (TPSA) is 46.9 Å². The molecule has 96 valence electrons. The van der Waals surface area contributed by atoms with Crippen LogP contribution in [0, 0.1) is 0 Å². The van der Waals surface area contributed by atoms with Crippen molar-refractivity contribution in [3.8, 4) is 0 Å². The quantitative estimate of drug-likeness (QED) is 0.756. The lowest BCUT2D eigenvalue weighted by Crippen LogP contribution is -2.26. The third-order valence-corrected chi connectivity index (χ3v) is 3.18. The zero-order valence-corrected chi connectivity index (χ0v) is 11.6. The van der Waals surface area contributed by atoms with E-state index in [-0.39, 0.29) is 5.91 Å². The second-order valence-electron chi connectivity index (χ2n) is 4.00. The van der Waals surface area contributed by atoms with E-state index < -0.39 is 0 Å². The molecule has 0 saturated heterocycles. The number of amides is 1. The van der Waals surface area contributed by atoms with Crippen LogP contribution >= 0.6 is 11.8 Å². The molecule has 0 atom stereocenters. The minimum Gasteiger partial charge on any atom is -0.351 e. The predicted octanol–water partition coefficient (Wildman–Crippen LogP) is 1.86. The molecule has 1 amide bonds. The molecule has 1 aromatic heterocycles. The van der Waals surface area contributed by atoms with E-state index in [4.69, 9.17) is 0 Å². The van der Waals surface area contributed by atoms with Crippen LogP contribution in [0.15, 0.2) is 6.07 Å². The smallest absolute Gasteiger partial charge is 0.269 e. The molecular formula is C12H21N3OS. The number of rotatable bonds is 7. The van der Waals surface area contributed by atoms with Crippen LogP contribution < -0.4 is 5.32 Å². The van der Waals surface area contributed by atoms with Crippen molar-refractivity contribution in [2.45, 2.75) is 26.2 Å². The van der Waals surface area contributed by atoms with Gasteiger partial charge in [-0.25, -0.2) is 0 Å². The molecule has 0 aliphatic rings. The molecule has 0 radical (unpaired) electrons. The van der Waals surface area contributed by atoms with Crippen molar-refractivity contribution in [1.29, 1.82) is 0 Å². The fourth-order valence-corrected chi connectivity index (χ4v) is 2.06. The van der Waals surface area contributed by atoms with Gasteiger partial charge in [-0.2, -0.15) is 16.9 Å². The first-order valence-corrected chi connectivity index (χ1v) is 7.38. The van der Waals surface area contributed by atoms with Gasteiger partial charge in [-0.1, -0.05) is 13.3 Å². The zero-order valence-electron chi connectivity index (χ0n) is 10.8. The van der Waals surface area contributed by atoms with Gasteiger partial charge in [0.05, 0.1) is 5.69 Å². The summed E-state index contributed by atoms with van der Waals surface area (Å²) >= 11 is 1.79. The molecule has 0 bridgehead atoms. The van der Waals surface area contributed by atoms with Crippen LogP contribution in [0.5, 0.6) is 0 Å². The van der Waals surface area contributed by atoms with Gasteiger partial charge in [0.25, 0.3) is 5.91 Å². The van der Waals surface area contributed by atoms with Gasteiger partial charge in [-0.3, -0.25) is 9.48 Å². The maximum atomic E-state index is 11.9. The summed E-state index contributed by atoms with van der Waals surface area (Å²) in [5, 5.41) is 7.23. The van der Waals surface area contributed by atoms with Gasteiger partial charge < -0.3 is 5.32 Å². The van der Waals surface area contributed by atoms with E-state index >= 15 is 0 Å². The molecule has 1 N–H and O–H groups in total. The van der Waals surface area contributed by atoms with Crippen LogP contribution in [0.4, 0.5) is 0 Å². The highest BCUT2D eigenvalue weighted by Gasteiger charge is 2.11. The third kappa shape index (κ3) is 4.42. The van der Waals surface area contributed by atoms with Gasteiger partial charge in [0.15, 0.2) is 0 Å². The second-order valence-corrected chi connectivity index (χ2v) is 4.98. The van der Waals surface area contributed by atoms with Crippen molar-refractivity contribution >= 4 is 17.7 Å². The molecule has 1 rings (SSSR count). The highest BCUT2D eigenvalue weighted by atomic mass is 32.2. The van der Waals surface area contributed by atoms with E-state index in [1.165, 1.54) is 0 Å². The number of hydrogen-bond donors (Lipinski definition) is 1. The molecule has 0 saturated carbocycles. The first kappa shape index (κ1) is 14.1. The Balaban J connectivity index is 2.50. The van der Waals surface area contributed by atoms with Crippen LogP contribution in [0.25, 0.3) is 0 Å². The van der Waals surface area contributed by atoms with Crippen LogP contribution in [-0.4, -0.2) is 34.2 Å². The lowest BCUT2D eigenvalue weighted by molar-refractivity contribution is 0.0944. The van der Waals surface area contributed by atoms with E-state index in [0.29, 0.717) is 5.69 Å². The number of hydrogen-bond acceptors (Lipinski definition) is 3. The molecule has 0 unspecified atom stereocenters. The van der Waals surface area contributed by atoms with Crippen molar-refractivity contribution in [3.63, 3.8) is 0 Å². The number of carbonyl (C=O) groups excluding carboxylic acids is 1. The van der Waals surface area contributed by atoms with Crippen molar-refractivity contribution in [2.75, 3.05) is 18.6 Å². The lowest BCUT2D eigenvalue weighted by atomic mass is 10.2. The Kier molecular flexibility index (Phi) is 6.11. The lowest BCUT2D eigenvalue weighted by Gasteiger charge is -2.04. The minimum atomic E-state index is -0.0246. The summed E-state index contributed by atoms with van der Waals surface area (Å²) in [6, 6.07) is 1.88. The Morgan fingerprint density at radius 3 is 3.00 bits per heavy atom. The number of carbonyl (C=O) groups is 1. The third-order valence-electron chi connectivity index (χ3n) is 2.48. The average Bonchev–Trinajstić information content (AvgIpc) is 2.66. The van der Waals surface area contributed by atoms with Gasteiger partial charge in [0, 0.05) is 13.6 Å². The molecule has 17 heavy (non-hydrogen) atoms. The highest BCUT2D eigenvalue weighted by molar-refractivity contribution is 7.98. The van der Waals surface area contributed by atoms with Gasteiger partial charge in [0.1, 0.15) is 5.69 Å². The number of thioether (sulfide) groups is 1. The molecule has 0 aliphatic carbocycles. The van der Waals surface area contributed by atoms with Gasteiger partial charge in [-0.05, 0) is 30.9 Å². The number of nitrogens with one attached hydrogen (secondary N) is 1. The molecule has 0 aromatic carbocycles. The van der Waals surface area contributed by atoms with E-state index in [9.17, 15) is 4.79 Å². The Labute approximate surface area is 107 Å². The Morgan fingerprint density at radius 1 is 1.59 bits per heavy atom. The Hall–Kier alpha value is -0.970. The molecule has 1 heterocycles. The number of aryl methyl sites for hydroxylation is 2. The zero-order chi connectivity index (χ0) is 12.7. The normalized spacial score (nSPS) is 10.5. The van der Waals surface area contributed by atoms with Crippen molar-refractivity contribution in [1.82, 2.24) is 15.1 Å².